The van der Waals surface area contributed by atoms with Crippen LogP contribution in [0, 0.1) is 17.8 Å². The Hall–Kier alpha value is -2.32. The Balaban J connectivity index is 1.55. The van der Waals surface area contributed by atoms with Gasteiger partial charge >= 0.3 is 12.1 Å². The minimum atomic E-state index is -0.981. The van der Waals surface area contributed by atoms with E-state index in [9.17, 15) is 24.3 Å². The zero-order valence-electron chi connectivity index (χ0n) is 19.9. The molecular weight excluding hydrogens is 426 g/mol. The number of rotatable bonds is 5. The minimum Gasteiger partial charge on any atom is -0.481 e. The van der Waals surface area contributed by atoms with Crippen LogP contribution >= 0.6 is 0 Å². The van der Waals surface area contributed by atoms with Crippen molar-refractivity contribution in [2.45, 2.75) is 95.9 Å². The van der Waals surface area contributed by atoms with Crippen LogP contribution in [-0.4, -0.2) is 75.6 Å². The third kappa shape index (κ3) is 5.11. The van der Waals surface area contributed by atoms with Gasteiger partial charge in [0.1, 0.15) is 11.6 Å². The van der Waals surface area contributed by atoms with E-state index >= 15 is 0 Å². The van der Waals surface area contributed by atoms with Crippen LogP contribution in [0.1, 0.15) is 72.1 Å². The number of fused-ring (bicyclic) bond motifs is 1. The number of hydrogen-bond donors (Lipinski definition) is 2. The average molecular weight is 464 g/mol. The highest BCUT2D eigenvalue weighted by atomic mass is 16.6. The summed E-state index contributed by atoms with van der Waals surface area (Å²) >= 11 is 0. The van der Waals surface area contributed by atoms with E-state index in [-0.39, 0.29) is 36.2 Å². The van der Waals surface area contributed by atoms with Gasteiger partial charge in [-0.25, -0.2) is 4.79 Å². The molecule has 0 bridgehead atoms. The first kappa shape index (κ1) is 23.8. The largest absolute Gasteiger partial charge is 0.481 e. The monoisotopic (exact) mass is 463 g/mol. The summed E-state index contributed by atoms with van der Waals surface area (Å²) in [7, 11) is 0. The van der Waals surface area contributed by atoms with Crippen LogP contribution in [0.4, 0.5) is 4.79 Å². The standard InChI is InChI=1S/C24H37N3O6/c1-24(2,3)33-23(32)25-18(14-7-5-4-6-8-14)21(29)26-12-11-17-19(26)16(22(30)31)13-27(17)20(28)15-9-10-15/h14-19H,4-13H2,1-3H3,(H,25,32)(H,30,31)/t16-,17+,18-,19+/m0/s1. The first-order valence-corrected chi connectivity index (χ1v) is 12.4. The summed E-state index contributed by atoms with van der Waals surface area (Å²) in [5.74, 6) is -2.01. The predicted molar refractivity (Wildman–Crippen MR) is 119 cm³/mol. The number of aliphatic carboxylic acids is 1. The van der Waals surface area contributed by atoms with Crippen molar-refractivity contribution >= 4 is 23.9 Å². The molecule has 33 heavy (non-hydrogen) atoms. The van der Waals surface area contributed by atoms with Gasteiger partial charge < -0.3 is 25.0 Å². The van der Waals surface area contributed by atoms with Crippen LogP contribution in [0.25, 0.3) is 0 Å². The van der Waals surface area contributed by atoms with E-state index in [0.717, 1.165) is 44.9 Å². The molecule has 0 spiro atoms. The zero-order valence-corrected chi connectivity index (χ0v) is 19.9. The van der Waals surface area contributed by atoms with Gasteiger partial charge in [-0.1, -0.05) is 19.3 Å². The van der Waals surface area contributed by atoms with Crippen molar-refractivity contribution in [2.75, 3.05) is 13.1 Å². The highest BCUT2D eigenvalue weighted by Gasteiger charge is 2.56. The lowest BCUT2D eigenvalue weighted by Gasteiger charge is -2.35. The predicted octanol–water partition coefficient (Wildman–Crippen LogP) is 2.38. The number of nitrogens with zero attached hydrogens (tertiary/aromatic N) is 2. The number of carboxylic acids is 1. The molecule has 3 amide bonds. The second-order valence-electron chi connectivity index (χ2n) is 11.1. The highest BCUT2D eigenvalue weighted by Crippen LogP contribution is 2.41. The molecule has 2 heterocycles. The maximum absolute atomic E-state index is 13.8. The second kappa shape index (κ2) is 9.14. The molecule has 184 valence electrons. The molecule has 9 heteroatoms. The van der Waals surface area contributed by atoms with Crippen LogP contribution in [0.5, 0.6) is 0 Å². The summed E-state index contributed by atoms with van der Waals surface area (Å²) in [6.07, 6.45) is 6.43. The fourth-order valence-electron chi connectivity index (χ4n) is 5.84. The number of hydrogen-bond acceptors (Lipinski definition) is 5. The Morgan fingerprint density at radius 3 is 2.21 bits per heavy atom. The first-order chi connectivity index (χ1) is 15.6. The van der Waals surface area contributed by atoms with Crippen molar-refractivity contribution in [3.63, 3.8) is 0 Å². The third-order valence-corrected chi connectivity index (χ3v) is 7.50. The van der Waals surface area contributed by atoms with Crippen LogP contribution in [0.2, 0.25) is 0 Å². The van der Waals surface area contributed by atoms with Gasteiger partial charge in [0.15, 0.2) is 0 Å². The summed E-state index contributed by atoms with van der Waals surface area (Å²) in [6, 6.07) is -1.57. The SMILES string of the molecule is CC(C)(C)OC(=O)N[C@H](C(=O)N1CC[C@@H]2[C@H]1[C@@H](C(=O)O)CN2C(=O)C1CC1)C1CCCCC1. The Kier molecular flexibility index (Phi) is 6.60. The van der Waals surface area contributed by atoms with Crippen LogP contribution in [-0.2, 0) is 19.1 Å². The Morgan fingerprint density at radius 1 is 0.970 bits per heavy atom. The van der Waals surface area contributed by atoms with Gasteiger partial charge in [0.2, 0.25) is 11.8 Å². The molecule has 0 aromatic heterocycles. The average Bonchev–Trinajstić information content (AvgIpc) is 3.39. The van der Waals surface area contributed by atoms with Gasteiger partial charge in [-0.05, 0) is 58.8 Å². The molecule has 2 saturated heterocycles. The van der Waals surface area contributed by atoms with E-state index in [1.54, 1.807) is 30.6 Å². The summed E-state index contributed by atoms with van der Waals surface area (Å²) in [5, 5.41) is 12.7. The summed E-state index contributed by atoms with van der Waals surface area (Å²) < 4.78 is 5.43. The normalized spacial score (nSPS) is 28.9. The van der Waals surface area contributed by atoms with Crippen molar-refractivity contribution in [3.05, 3.63) is 0 Å². The summed E-state index contributed by atoms with van der Waals surface area (Å²) in [5.41, 5.74) is -0.688. The number of carbonyl (C=O) groups excluding carboxylic acids is 3. The van der Waals surface area contributed by atoms with Crippen molar-refractivity contribution in [3.8, 4) is 0 Å². The third-order valence-electron chi connectivity index (χ3n) is 7.50. The number of ether oxygens (including phenoxy) is 1. The van der Waals surface area contributed by atoms with E-state index in [2.05, 4.69) is 5.32 Å². The lowest BCUT2D eigenvalue weighted by Crippen LogP contribution is -2.56. The van der Waals surface area contributed by atoms with E-state index in [1.807, 2.05) is 0 Å². The lowest BCUT2D eigenvalue weighted by molar-refractivity contribution is -0.145. The number of carboxylic acid groups (broad SMARTS) is 1. The number of alkyl carbamates (subject to hydrolysis) is 1. The molecule has 9 nitrogen and oxygen atoms in total. The van der Waals surface area contributed by atoms with Crippen LogP contribution < -0.4 is 5.32 Å². The van der Waals surface area contributed by atoms with E-state index in [0.29, 0.717) is 13.0 Å². The van der Waals surface area contributed by atoms with Gasteiger partial charge in [0.25, 0.3) is 0 Å². The number of likely N-dealkylation sites (tertiary alicyclic amines) is 2. The fraction of sp³-hybridized carbons (Fsp3) is 0.833. The van der Waals surface area contributed by atoms with Crippen molar-refractivity contribution < 1.29 is 29.0 Å². The minimum absolute atomic E-state index is 0.00627. The molecule has 2 saturated carbocycles. The molecule has 4 rings (SSSR count). The first-order valence-electron chi connectivity index (χ1n) is 12.4. The molecule has 2 aliphatic heterocycles. The second-order valence-corrected chi connectivity index (χ2v) is 11.1. The molecule has 4 aliphatic rings. The zero-order chi connectivity index (χ0) is 23.9. The summed E-state index contributed by atoms with van der Waals surface area (Å²) in [6.45, 7) is 5.87. The maximum atomic E-state index is 13.8. The molecule has 2 aliphatic carbocycles. The number of carbonyl (C=O) groups is 4. The van der Waals surface area contributed by atoms with E-state index in [4.69, 9.17) is 4.74 Å². The Morgan fingerprint density at radius 2 is 1.64 bits per heavy atom. The molecule has 0 unspecified atom stereocenters. The molecule has 0 aromatic rings. The molecule has 4 atom stereocenters. The lowest BCUT2D eigenvalue weighted by atomic mass is 9.83. The van der Waals surface area contributed by atoms with Gasteiger partial charge in [0, 0.05) is 19.0 Å². The van der Waals surface area contributed by atoms with Gasteiger partial charge in [-0.15, -0.1) is 0 Å². The topological polar surface area (TPSA) is 116 Å². The maximum Gasteiger partial charge on any atom is 0.408 e. The molecular formula is C24H37N3O6. The highest BCUT2D eigenvalue weighted by molar-refractivity contribution is 5.88. The smallest absolute Gasteiger partial charge is 0.408 e. The molecule has 4 fully saturated rings. The Bertz CT molecular complexity index is 799. The van der Waals surface area contributed by atoms with E-state index in [1.165, 1.54) is 0 Å². The number of nitrogens with one attached hydrogen (secondary N) is 1. The molecule has 0 aromatic carbocycles. The van der Waals surface area contributed by atoms with Gasteiger partial charge in [0.05, 0.1) is 18.0 Å². The fourth-order valence-corrected chi connectivity index (χ4v) is 5.84. The van der Waals surface area contributed by atoms with Crippen molar-refractivity contribution in [1.82, 2.24) is 15.1 Å². The Labute approximate surface area is 195 Å². The van der Waals surface area contributed by atoms with Crippen LogP contribution in [0.15, 0.2) is 0 Å². The van der Waals surface area contributed by atoms with Crippen LogP contribution in [0.3, 0.4) is 0 Å². The molecule has 2 N–H and O–H groups in total. The summed E-state index contributed by atoms with van der Waals surface area (Å²) in [4.78, 5) is 54.7. The van der Waals surface area contributed by atoms with Crippen molar-refractivity contribution in [1.29, 1.82) is 0 Å². The quantitative estimate of drug-likeness (QED) is 0.647. The van der Waals surface area contributed by atoms with Gasteiger partial charge in [-0.3, -0.25) is 14.4 Å². The van der Waals surface area contributed by atoms with E-state index < -0.39 is 35.7 Å². The number of amides is 3. The van der Waals surface area contributed by atoms with Crippen molar-refractivity contribution in [2.24, 2.45) is 17.8 Å². The van der Waals surface area contributed by atoms with Gasteiger partial charge in [-0.2, -0.15) is 0 Å². The molecule has 0 radical (unpaired) electrons.